The molecule has 0 heterocycles. The van der Waals surface area contributed by atoms with Gasteiger partial charge in [-0.2, -0.15) is 26.3 Å². The van der Waals surface area contributed by atoms with Gasteiger partial charge in [-0.1, -0.05) is 35.9 Å². The Morgan fingerprint density at radius 3 is 2.10 bits per heavy atom. The Morgan fingerprint density at radius 1 is 0.968 bits per heavy atom. The summed E-state index contributed by atoms with van der Waals surface area (Å²) in [5.41, 5.74) is -7.06. The van der Waals surface area contributed by atoms with Crippen LogP contribution in [0.5, 0.6) is 0 Å². The normalized spacial score (nSPS) is 13.8. The molecule has 5 nitrogen and oxygen atoms in total. The predicted molar refractivity (Wildman–Crippen MR) is 99.4 cm³/mol. The number of hydrogen-bond donors (Lipinski definition) is 2. The molecule has 0 unspecified atom stereocenters. The molecule has 12 heteroatoms. The molecule has 0 aliphatic rings. The first-order chi connectivity index (χ1) is 14.3. The zero-order valence-corrected chi connectivity index (χ0v) is 16.5. The second-order valence-corrected chi connectivity index (χ2v) is 6.48. The van der Waals surface area contributed by atoms with E-state index in [1.165, 1.54) is 35.8 Å². The van der Waals surface area contributed by atoms with Crippen LogP contribution in [0.1, 0.15) is 22.8 Å². The van der Waals surface area contributed by atoms with E-state index in [-0.39, 0.29) is 5.02 Å². The molecular weight excluding hydrogens is 454 g/mol. The first kappa shape index (κ1) is 24.3. The molecule has 168 valence electrons. The van der Waals surface area contributed by atoms with E-state index in [1.807, 2.05) is 0 Å². The number of alkyl halides is 6. The van der Waals surface area contributed by atoms with Gasteiger partial charge in [0, 0.05) is 5.69 Å². The molecule has 0 aromatic heterocycles. The van der Waals surface area contributed by atoms with Crippen LogP contribution in [0, 0.1) is 0 Å². The Bertz CT molecular complexity index is 964. The standard InChI is InChI=1S/C19H15ClF6N2O3/c1-2-31-16(30)17(19(24,25)26,28-15(29)11-7-3-5-9-13(11)20)27-14-10-6-4-8-12(14)18(21,22)23/h3-10,27H,2H2,1H3,(H,28,29)/t17-/m1/s1. The summed E-state index contributed by atoms with van der Waals surface area (Å²) in [6.07, 6.45) is -10.7. The van der Waals surface area contributed by atoms with Crippen LogP contribution in [0.15, 0.2) is 48.5 Å². The highest BCUT2D eigenvalue weighted by Gasteiger charge is 2.64. The predicted octanol–water partition coefficient (Wildman–Crippen LogP) is 5.02. The summed E-state index contributed by atoms with van der Waals surface area (Å²) in [5.74, 6) is -3.52. The molecule has 1 amide bonds. The van der Waals surface area contributed by atoms with Crippen molar-refractivity contribution in [1.29, 1.82) is 0 Å². The average Bonchev–Trinajstić information content (AvgIpc) is 2.66. The molecule has 2 rings (SSSR count). The minimum Gasteiger partial charge on any atom is -0.463 e. The van der Waals surface area contributed by atoms with Crippen LogP contribution in [0.25, 0.3) is 0 Å². The number of carbonyl (C=O) groups is 2. The SMILES string of the molecule is CCOC(=O)[C@](NC(=O)c1ccccc1Cl)(Nc1ccccc1C(F)(F)F)C(F)(F)F. The molecule has 0 aliphatic carbocycles. The lowest BCUT2D eigenvalue weighted by molar-refractivity contribution is -0.204. The second-order valence-electron chi connectivity index (χ2n) is 6.07. The minimum atomic E-state index is -5.62. The van der Waals surface area contributed by atoms with Crippen LogP contribution in [0.3, 0.4) is 0 Å². The number of esters is 1. The fourth-order valence-corrected chi connectivity index (χ4v) is 2.78. The van der Waals surface area contributed by atoms with Crippen molar-refractivity contribution in [2.75, 3.05) is 11.9 Å². The zero-order chi connectivity index (χ0) is 23.4. The molecule has 0 saturated carbocycles. The number of amides is 1. The highest BCUT2D eigenvalue weighted by atomic mass is 35.5. The molecule has 0 radical (unpaired) electrons. The van der Waals surface area contributed by atoms with Crippen LogP contribution in [0.2, 0.25) is 5.02 Å². The van der Waals surface area contributed by atoms with Crippen molar-refractivity contribution in [3.63, 3.8) is 0 Å². The van der Waals surface area contributed by atoms with Gasteiger partial charge in [-0.3, -0.25) is 4.79 Å². The molecular formula is C19H15ClF6N2O3. The molecule has 0 aliphatic heterocycles. The van der Waals surface area contributed by atoms with Crippen molar-refractivity contribution in [3.8, 4) is 0 Å². The third-order valence-electron chi connectivity index (χ3n) is 3.98. The lowest BCUT2D eigenvalue weighted by atomic mass is 10.1. The van der Waals surface area contributed by atoms with Crippen molar-refractivity contribution in [3.05, 3.63) is 64.7 Å². The molecule has 2 N–H and O–H groups in total. The van der Waals surface area contributed by atoms with E-state index < -0.39 is 53.3 Å². The molecule has 1 atom stereocenters. The summed E-state index contributed by atoms with van der Waals surface area (Å²) in [6.45, 7) is 0.653. The number of anilines is 1. The van der Waals surface area contributed by atoms with E-state index >= 15 is 0 Å². The highest BCUT2D eigenvalue weighted by Crippen LogP contribution is 2.39. The molecule has 31 heavy (non-hydrogen) atoms. The fourth-order valence-electron chi connectivity index (χ4n) is 2.55. The molecule has 2 aromatic carbocycles. The first-order valence-corrected chi connectivity index (χ1v) is 8.96. The topological polar surface area (TPSA) is 67.4 Å². The van der Waals surface area contributed by atoms with Crippen LogP contribution in [0.4, 0.5) is 32.0 Å². The second kappa shape index (κ2) is 9.04. The number of benzene rings is 2. The zero-order valence-electron chi connectivity index (χ0n) is 15.7. The average molecular weight is 469 g/mol. The van der Waals surface area contributed by atoms with Gasteiger partial charge in [0.1, 0.15) is 0 Å². The number of nitrogens with one attached hydrogen (secondary N) is 2. The Labute approximate surface area is 177 Å². The van der Waals surface area contributed by atoms with Gasteiger partial charge in [-0.15, -0.1) is 0 Å². The third-order valence-corrected chi connectivity index (χ3v) is 4.31. The van der Waals surface area contributed by atoms with Gasteiger partial charge < -0.3 is 15.4 Å². The summed E-state index contributed by atoms with van der Waals surface area (Å²) in [7, 11) is 0. The van der Waals surface area contributed by atoms with Gasteiger partial charge in [0.15, 0.2) is 0 Å². The van der Waals surface area contributed by atoms with Crippen LogP contribution < -0.4 is 10.6 Å². The Hall–Kier alpha value is -2.95. The van der Waals surface area contributed by atoms with E-state index in [0.717, 1.165) is 18.2 Å². The first-order valence-electron chi connectivity index (χ1n) is 8.59. The highest BCUT2D eigenvalue weighted by molar-refractivity contribution is 6.33. The maximum atomic E-state index is 14.1. The number of para-hydroxylation sites is 1. The minimum absolute atomic E-state index is 0.240. The summed E-state index contributed by atoms with van der Waals surface area (Å²) >= 11 is 5.82. The summed E-state index contributed by atoms with van der Waals surface area (Å²) < 4.78 is 86.8. The summed E-state index contributed by atoms with van der Waals surface area (Å²) in [6, 6.07) is 8.17. The molecule has 0 spiro atoms. The smallest absolute Gasteiger partial charge is 0.441 e. The molecule has 0 fully saturated rings. The van der Waals surface area contributed by atoms with E-state index in [2.05, 4.69) is 4.74 Å². The van der Waals surface area contributed by atoms with Crippen molar-refractivity contribution < 1.29 is 40.7 Å². The van der Waals surface area contributed by atoms with Gasteiger partial charge in [0.25, 0.3) is 5.91 Å². The third kappa shape index (κ3) is 5.22. The van der Waals surface area contributed by atoms with Crippen LogP contribution in [-0.2, 0) is 15.7 Å². The summed E-state index contributed by atoms with van der Waals surface area (Å²) in [4.78, 5) is 24.9. The van der Waals surface area contributed by atoms with Gasteiger partial charge in [-0.25, -0.2) is 4.79 Å². The maximum absolute atomic E-state index is 14.1. The molecule has 0 saturated heterocycles. The van der Waals surface area contributed by atoms with E-state index in [9.17, 15) is 35.9 Å². The van der Waals surface area contributed by atoms with Crippen LogP contribution >= 0.6 is 11.6 Å². The Kier molecular flexibility index (Phi) is 7.10. The van der Waals surface area contributed by atoms with Crippen molar-refractivity contribution in [1.82, 2.24) is 5.32 Å². The molecule has 0 bridgehead atoms. The van der Waals surface area contributed by atoms with Gasteiger partial charge in [0.2, 0.25) is 0 Å². The van der Waals surface area contributed by atoms with Crippen molar-refractivity contribution in [2.45, 2.75) is 24.9 Å². The van der Waals surface area contributed by atoms with Crippen molar-refractivity contribution >= 4 is 29.2 Å². The lowest BCUT2D eigenvalue weighted by Gasteiger charge is -2.36. The van der Waals surface area contributed by atoms with Gasteiger partial charge in [0.05, 0.1) is 22.8 Å². The fraction of sp³-hybridized carbons (Fsp3) is 0.263. The Morgan fingerprint density at radius 2 is 1.55 bits per heavy atom. The van der Waals surface area contributed by atoms with Crippen molar-refractivity contribution in [2.24, 2.45) is 0 Å². The number of halogens is 7. The van der Waals surface area contributed by atoms with Crippen LogP contribution in [-0.4, -0.2) is 30.3 Å². The number of hydrogen-bond acceptors (Lipinski definition) is 4. The molecule has 2 aromatic rings. The van der Waals surface area contributed by atoms with Gasteiger partial charge >= 0.3 is 24.0 Å². The van der Waals surface area contributed by atoms with E-state index in [0.29, 0.717) is 12.1 Å². The van der Waals surface area contributed by atoms with E-state index in [1.54, 1.807) is 0 Å². The van der Waals surface area contributed by atoms with E-state index in [4.69, 9.17) is 11.6 Å². The monoisotopic (exact) mass is 468 g/mol. The maximum Gasteiger partial charge on any atom is 0.441 e. The number of rotatable bonds is 6. The lowest BCUT2D eigenvalue weighted by Crippen LogP contribution is -2.69. The summed E-state index contributed by atoms with van der Waals surface area (Å²) in [5, 5.41) is 2.72. The largest absolute Gasteiger partial charge is 0.463 e. The number of ether oxygens (including phenoxy) is 1. The Balaban J connectivity index is 2.64. The van der Waals surface area contributed by atoms with Gasteiger partial charge in [-0.05, 0) is 31.2 Å². The quantitative estimate of drug-likeness (QED) is 0.355. The number of carbonyl (C=O) groups excluding carboxylic acids is 2.